The number of carbonyl (C=O) groups is 2. The van der Waals surface area contributed by atoms with Gasteiger partial charge in [-0.2, -0.15) is 13.2 Å². The van der Waals surface area contributed by atoms with Crippen LogP contribution in [0, 0.1) is 13.5 Å². The van der Waals surface area contributed by atoms with Crippen molar-refractivity contribution in [3.8, 4) is 0 Å². The van der Waals surface area contributed by atoms with Crippen molar-refractivity contribution in [2.75, 3.05) is 11.5 Å². The molecule has 10 heteroatoms. The highest BCUT2D eigenvalue weighted by molar-refractivity contribution is 6.03. The molecule has 0 aromatic heterocycles. The van der Waals surface area contributed by atoms with Crippen molar-refractivity contribution in [1.82, 2.24) is 0 Å². The van der Waals surface area contributed by atoms with Crippen molar-refractivity contribution in [3.05, 3.63) is 93.2 Å². The lowest BCUT2D eigenvalue weighted by Crippen LogP contribution is -2.40. The second-order valence-corrected chi connectivity index (χ2v) is 7.85. The number of esters is 1. The van der Waals surface area contributed by atoms with Crippen LogP contribution in [0.1, 0.15) is 36.5 Å². The van der Waals surface area contributed by atoms with Crippen LogP contribution >= 0.6 is 0 Å². The summed E-state index contributed by atoms with van der Waals surface area (Å²) in [6, 6.07) is 9.06. The first-order chi connectivity index (χ1) is 16.4. The number of nitrogens with zero attached hydrogens (tertiary/aromatic N) is 2. The van der Waals surface area contributed by atoms with Gasteiger partial charge in [0.2, 0.25) is 5.91 Å². The van der Waals surface area contributed by atoms with Crippen molar-refractivity contribution in [2.24, 2.45) is 11.5 Å². The van der Waals surface area contributed by atoms with Gasteiger partial charge >= 0.3 is 12.1 Å². The zero-order valence-electron chi connectivity index (χ0n) is 19.2. The number of aryl methyl sites for hydroxylation is 1. The number of allylic oxidation sites excluding steroid dienone is 1. The quantitative estimate of drug-likeness (QED) is 0.475. The fourth-order valence-corrected chi connectivity index (χ4v) is 4.18. The van der Waals surface area contributed by atoms with Gasteiger partial charge in [-0.05, 0) is 44.5 Å². The van der Waals surface area contributed by atoms with E-state index in [-0.39, 0.29) is 35.0 Å². The van der Waals surface area contributed by atoms with E-state index in [1.54, 1.807) is 26.0 Å². The molecule has 1 aliphatic rings. The molecule has 2 aromatic rings. The Morgan fingerprint density at radius 1 is 1.14 bits per heavy atom. The van der Waals surface area contributed by atoms with Crippen molar-refractivity contribution >= 4 is 23.3 Å². The number of anilines is 1. The molecule has 1 atom stereocenters. The number of carbonyl (C=O) groups excluding carboxylic acids is 2. The van der Waals surface area contributed by atoms with E-state index in [0.29, 0.717) is 16.8 Å². The molecule has 0 saturated carbocycles. The lowest BCUT2D eigenvalue weighted by atomic mass is 9.78. The molecule has 35 heavy (non-hydrogen) atoms. The zero-order chi connectivity index (χ0) is 26.1. The molecule has 0 radical (unpaired) electrons. The Balaban J connectivity index is 2.35. The van der Waals surface area contributed by atoms with Gasteiger partial charge in [0.15, 0.2) is 5.69 Å². The van der Waals surface area contributed by atoms with E-state index in [0.717, 1.165) is 12.1 Å². The fourth-order valence-electron chi connectivity index (χ4n) is 4.18. The molecule has 0 aliphatic carbocycles. The summed E-state index contributed by atoms with van der Waals surface area (Å²) in [5, 5.41) is 0. The fraction of sp³-hybridized carbons (Fsp3) is 0.240. The Kier molecular flexibility index (Phi) is 6.91. The molecule has 1 heterocycles. The standard InChI is InChI=1S/C25H23F3N4O3/c1-5-35-24(34)19-14(3)32(17-8-6-7-15(12-17)25(26,27)28)22(29)21(23(30)33)20(19)18-10-9-16(31-4)11-13(18)2/h6-12,20H,5,29H2,1-3H3,(H2,30,33). The van der Waals surface area contributed by atoms with Crippen LogP contribution in [0.15, 0.2) is 65.1 Å². The monoisotopic (exact) mass is 484 g/mol. The highest BCUT2D eigenvalue weighted by Gasteiger charge is 2.41. The summed E-state index contributed by atoms with van der Waals surface area (Å²) in [7, 11) is 0. The summed E-state index contributed by atoms with van der Waals surface area (Å²) in [6.07, 6.45) is -4.62. The van der Waals surface area contributed by atoms with E-state index in [1.165, 1.54) is 30.0 Å². The van der Waals surface area contributed by atoms with E-state index >= 15 is 0 Å². The molecule has 0 fully saturated rings. The number of hydrogen-bond acceptors (Lipinski definition) is 5. The third kappa shape index (κ3) is 4.71. The molecule has 0 spiro atoms. The van der Waals surface area contributed by atoms with E-state index in [2.05, 4.69) is 4.85 Å². The number of hydrogen-bond donors (Lipinski definition) is 2. The van der Waals surface area contributed by atoms with Gasteiger partial charge in [-0.15, -0.1) is 0 Å². The molecule has 1 aliphatic heterocycles. The summed E-state index contributed by atoms with van der Waals surface area (Å²) in [5.41, 5.74) is 12.6. The van der Waals surface area contributed by atoms with Gasteiger partial charge in [-0.25, -0.2) is 9.64 Å². The first-order valence-electron chi connectivity index (χ1n) is 10.5. The minimum atomic E-state index is -4.62. The number of halogens is 3. The predicted molar refractivity (Wildman–Crippen MR) is 124 cm³/mol. The maximum absolute atomic E-state index is 13.4. The summed E-state index contributed by atoms with van der Waals surface area (Å²) >= 11 is 0. The van der Waals surface area contributed by atoms with Gasteiger partial charge in [0.1, 0.15) is 5.82 Å². The molecule has 7 nitrogen and oxygen atoms in total. The van der Waals surface area contributed by atoms with Crippen molar-refractivity contribution in [3.63, 3.8) is 0 Å². The first-order valence-corrected chi connectivity index (χ1v) is 10.5. The predicted octanol–water partition coefficient (Wildman–Crippen LogP) is 4.66. The number of nitrogens with two attached hydrogens (primary N) is 2. The average Bonchev–Trinajstić information content (AvgIpc) is 2.78. The van der Waals surface area contributed by atoms with E-state index in [4.69, 9.17) is 22.8 Å². The van der Waals surface area contributed by atoms with Crippen molar-refractivity contribution in [1.29, 1.82) is 0 Å². The summed E-state index contributed by atoms with van der Waals surface area (Å²) in [5.74, 6) is -2.98. The normalized spacial score (nSPS) is 16.3. The van der Waals surface area contributed by atoms with Crippen LogP contribution < -0.4 is 16.4 Å². The maximum Gasteiger partial charge on any atom is 0.416 e. The van der Waals surface area contributed by atoms with Crippen LogP contribution in [0.25, 0.3) is 4.85 Å². The first kappa shape index (κ1) is 25.4. The van der Waals surface area contributed by atoms with Gasteiger partial charge < -0.3 is 21.1 Å². The van der Waals surface area contributed by atoms with Crippen LogP contribution in [0.4, 0.5) is 24.5 Å². The minimum Gasteiger partial charge on any atom is -0.463 e. The summed E-state index contributed by atoms with van der Waals surface area (Å²) in [4.78, 5) is 30.4. The number of amides is 1. The molecule has 0 bridgehead atoms. The molecule has 0 saturated heterocycles. The zero-order valence-corrected chi connectivity index (χ0v) is 19.2. The maximum atomic E-state index is 13.4. The molecule has 1 amide bonds. The SMILES string of the molecule is [C-]#[N+]c1ccc(C2C(C(=O)OCC)=C(C)N(c3cccc(C(F)(F)F)c3)C(N)=C2C(N)=O)c(C)c1. The summed E-state index contributed by atoms with van der Waals surface area (Å²) in [6.45, 7) is 12.1. The van der Waals surface area contributed by atoms with Gasteiger partial charge in [-0.3, -0.25) is 4.79 Å². The number of ether oxygens (including phenoxy) is 1. The molecule has 3 rings (SSSR count). The topological polar surface area (TPSA) is 103 Å². The molecule has 182 valence electrons. The van der Waals surface area contributed by atoms with Crippen LogP contribution in [-0.4, -0.2) is 18.5 Å². The molecule has 2 aromatic carbocycles. The number of benzene rings is 2. The Labute approximate surface area is 200 Å². The third-order valence-electron chi connectivity index (χ3n) is 5.71. The molecule has 4 N–H and O–H groups in total. The molecular formula is C25H23F3N4O3. The van der Waals surface area contributed by atoms with E-state index in [1.807, 2.05) is 0 Å². The van der Waals surface area contributed by atoms with Gasteiger partial charge in [0.05, 0.1) is 35.8 Å². The average molecular weight is 484 g/mol. The van der Waals surface area contributed by atoms with Gasteiger partial charge in [0.25, 0.3) is 0 Å². The van der Waals surface area contributed by atoms with Crippen LogP contribution in [0.3, 0.4) is 0 Å². The highest BCUT2D eigenvalue weighted by Crippen LogP contribution is 2.45. The molecular weight excluding hydrogens is 461 g/mol. The second-order valence-electron chi connectivity index (χ2n) is 7.85. The number of alkyl halides is 3. The molecule has 1 unspecified atom stereocenters. The minimum absolute atomic E-state index is 0.00549. The Hall–Kier alpha value is -4.26. The largest absolute Gasteiger partial charge is 0.463 e. The van der Waals surface area contributed by atoms with Crippen LogP contribution in [0.2, 0.25) is 0 Å². The van der Waals surface area contributed by atoms with Gasteiger partial charge in [-0.1, -0.05) is 29.8 Å². The van der Waals surface area contributed by atoms with Crippen LogP contribution in [0.5, 0.6) is 0 Å². The van der Waals surface area contributed by atoms with E-state index in [9.17, 15) is 22.8 Å². The Bertz CT molecular complexity index is 1310. The Morgan fingerprint density at radius 3 is 2.37 bits per heavy atom. The lowest BCUT2D eigenvalue weighted by Gasteiger charge is -2.37. The second kappa shape index (κ2) is 9.54. The highest BCUT2D eigenvalue weighted by atomic mass is 19.4. The lowest BCUT2D eigenvalue weighted by molar-refractivity contribution is -0.139. The van der Waals surface area contributed by atoms with Gasteiger partial charge in [0, 0.05) is 11.4 Å². The van der Waals surface area contributed by atoms with Crippen molar-refractivity contribution in [2.45, 2.75) is 32.9 Å². The summed E-state index contributed by atoms with van der Waals surface area (Å²) < 4.78 is 45.4. The number of primary amides is 1. The van der Waals surface area contributed by atoms with E-state index < -0.39 is 29.5 Å². The number of rotatable bonds is 5. The smallest absolute Gasteiger partial charge is 0.416 e. The van der Waals surface area contributed by atoms with Crippen molar-refractivity contribution < 1.29 is 27.5 Å². The van der Waals surface area contributed by atoms with Crippen LogP contribution in [-0.2, 0) is 20.5 Å². The Morgan fingerprint density at radius 2 is 1.83 bits per heavy atom. The third-order valence-corrected chi connectivity index (χ3v) is 5.71.